The number of carbonyl (C=O) groups excluding carboxylic acids is 1. The first-order valence-electron chi connectivity index (χ1n) is 8.76. The molecule has 4 rings (SSSR count). The molecule has 1 heterocycles. The molecule has 0 aromatic heterocycles. The fourth-order valence-corrected chi connectivity index (χ4v) is 5.75. The van der Waals surface area contributed by atoms with Crippen molar-refractivity contribution in [1.82, 2.24) is 0 Å². The van der Waals surface area contributed by atoms with Crippen molar-refractivity contribution in [3.8, 4) is 0 Å². The standard InChI is InChI=1S/C18H28O3/c1-5-12(18(2,3)4)17(19)21-13-7-9-6-11(13)15-10(9)8-14-16(15)20-14/h9-16H,5-8H2,1-4H3. The van der Waals surface area contributed by atoms with Crippen LogP contribution >= 0.6 is 0 Å². The van der Waals surface area contributed by atoms with Gasteiger partial charge in [0.05, 0.1) is 18.1 Å². The van der Waals surface area contributed by atoms with Gasteiger partial charge in [0.1, 0.15) is 6.10 Å². The molecule has 2 bridgehead atoms. The SMILES string of the molecule is CCC(C(=O)OC1CC2CC1C1C2CC2OC21)C(C)(C)C. The van der Waals surface area contributed by atoms with Gasteiger partial charge >= 0.3 is 5.97 Å². The van der Waals surface area contributed by atoms with Crippen molar-refractivity contribution in [2.75, 3.05) is 0 Å². The number of rotatable bonds is 3. The monoisotopic (exact) mass is 292 g/mol. The summed E-state index contributed by atoms with van der Waals surface area (Å²) in [7, 11) is 0. The van der Waals surface area contributed by atoms with E-state index in [2.05, 4.69) is 27.7 Å². The zero-order valence-corrected chi connectivity index (χ0v) is 13.7. The molecule has 4 aliphatic rings. The second-order valence-corrected chi connectivity index (χ2v) is 8.81. The van der Waals surface area contributed by atoms with Crippen molar-refractivity contribution >= 4 is 5.97 Å². The molecule has 3 aliphatic carbocycles. The number of hydrogen-bond acceptors (Lipinski definition) is 3. The molecule has 0 spiro atoms. The number of carbonyl (C=O) groups is 1. The molecule has 0 aromatic carbocycles. The summed E-state index contributed by atoms with van der Waals surface area (Å²) >= 11 is 0. The molecule has 3 heteroatoms. The topological polar surface area (TPSA) is 38.8 Å². The molecule has 0 aromatic rings. The summed E-state index contributed by atoms with van der Waals surface area (Å²) in [5, 5.41) is 0. The van der Waals surface area contributed by atoms with Crippen LogP contribution in [0.5, 0.6) is 0 Å². The highest BCUT2D eigenvalue weighted by Gasteiger charge is 2.67. The van der Waals surface area contributed by atoms with Crippen LogP contribution in [-0.2, 0) is 14.3 Å². The molecule has 1 aliphatic heterocycles. The van der Waals surface area contributed by atoms with E-state index in [0.29, 0.717) is 24.0 Å². The first-order chi connectivity index (χ1) is 9.90. The largest absolute Gasteiger partial charge is 0.462 e. The van der Waals surface area contributed by atoms with Gasteiger partial charge in [-0.1, -0.05) is 27.7 Å². The summed E-state index contributed by atoms with van der Waals surface area (Å²) in [5.74, 6) is 2.99. The molecular formula is C18H28O3. The maximum absolute atomic E-state index is 12.6. The van der Waals surface area contributed by atoms with E-state index in [0.717, 1.165) is 24.7 Å². The first kappa shape index (κ1) is 14.0. The summed E-state index contributed by atoms with van der Waals surface area (Å²) in [4.78, 5) is 12.6. The quantitative estimate of drug-likeness (QED) is 0.591. The molecule has 1 saturated heterocycles. The zero-order valence-electron chi connectivity index (χ0n) is 13.7. The van der Waals surface area contributed by atoms with E-state index in [1.807, 2.05) is 0 Å². The van der Waals surface area contributed by atoms with E-state index >= 15 is 0 Å². The van der Waals surface area contributed by atoms with E-state index in [9.17, 15) is 4.79 Å². The smallest absolute Gasteiger partial charge is 0.309 e. The van der Waals surface area contributed by atoms with E-state index < -0.39 is 0 Å². The van der Waals surface area contributed by atoms with Crippen LogP contribution in [0.2, 0.25) is 0 Å². The van der Waals surface area contributed by atoms with Gasteiger partial charge in [-0.3, -0.25) is 4.79 Å². The highest BCUT2D eigenvalue weighted by molar-refractivity contribution is 5.73. The van der Waals surface area contributed by atoms with Crippen LogP contribution in [0.3, 0.4) is 0 Å². The van der Waals surface area contributed by atoms with Crippen LogP contribution in [0.25, 0.3) is 0 Å². The molecule has 3 saturated carbocycles. The highest BCUT2D eigenvalue weighted by Crippen LogP contribution is 2.64. The second-order valence-electron chi connectivity index (χ2n) is 8.81. The molecular weight excluding hydrogens is 264 g/mol. The average Bonchev–Trinajstić information content (AvgIpc) is 2.76. The second kappa shape index (κ2) is 4.47. The lowest BCUT2D eigenvalue weighted by atomic mass is 9.78. The molecule has 0 amide bonds. The van der Waals surface area contributed by atoms with E-state index in [1.54, 1.807) is 0 Å². The molecule has 4 fully saturated rings. The van der Waals surface area contributed by atoms with Crippen molar-refractivity contribution < 1.29 is 14.3 Å². The predicted molar refractivity (Wildman–Crippen MR) is 79.6 cm³/mol. The van der Waals surface area contributed by atoms with Crippen molar-refractivity contribution in [2.24, 2.45) is 35.0 Å². The Morgan fingerprint density at radius 1 is 1.24 bits per heavy atom. The Bertz CT molecular complexity index is 452. The van der Waals surface area contributed by atoms with Crippen LogP contribution < -0.4 is 0 Å². The van der Waals surface area contributed by atoms with Crippen molar-refractivity contribution in [2.45, 2.75) is 71.7 Å². The Morgan fingerprint density at radius 3 is 2.67 bits per heavy atom. The lowest BCUT2D eigenvalue weighted by molar-refractivity contribution is -0.162. The van der Waals surface area contributed by atoms with Crippen LogP contribution in [-0.4, -0.2) is 24.3 Å². The van der Waals surface area contributed by atoms with Crippen LogP contribution in [0.1, 0.15) is 53.4 Å². The summed E-state index contributed by atoms with van der Waals surface area (Å²) < 4.78 is 11.8. The van der Waals surface area contributed by atoms with Gasteiger partial charge in [-0.15, -0.1) is 0 Å². The summed E-state index contributed by atoms with van der Waals surface area (Å²) in [6.07, 6.45) is 5.75. The van der Waals surface area contributed by atoms with Gasteiger partial charge in [0.15, 0.2) is 0 Å². The minimum absolute atomic E-state index is 0.00988. The van der Waals surface area contributed by atoms with Gasteiger partial charge in [0.2, 0.25) is 0 Å². The fourth-order valence-electron chi connectivity index (χ4n) is 5.75. The Labute approximate surface area is 127 Å². The van der Waals surface area contributed by atoms with Crippen LogP contribution in [0.4, 0.5) is 0 Å². The molecule has 3 nitrogen and oxygen atoms in total. The maximum atomic E-state index is 12.6. The highest BCUT2D eigenvalue weighted by atomic mass is 16.6. The molecule has 118 valence electrons. The van der Waals surface area contributed by atoms with Crippen LogP contribution in [0.15, 0.2) is 0 Å². The van der Waals surface area contributed by atoms with Crippen LogP contribution in [0, 0.1) is 35.0 Å². The number of epoxide rings is 1. The molecule has 8 unspecified atom stereocenters. The Balaban J connectivity index is 1.43. The fraction of sp³-hybridized carbons (Fsp3) is 0.944. The van der Waals surface area contributed by atoms with Crippen molar-refractivity contribution in [1.29, 1.82) is 0 Å². The molecule has 8 atom stereocenters. The number of esters is 1. The third kappa shape index (κ3) is 2.07. The minimum Gasteiger partial charge on any atom is -0.462 e. The average molecular weight is 292 g/mol. The van der Waals surface area contributed by atoms with Crippen molar-refractivity contribution in [3.05, 3.63) is 0 Å². The maximum Gasteiger partial charge on any atom is 0.309 e. The van der Waals surface area contributed by atoms with Crippen molar-refractivity contribution in [3.63, 3.8) is 0 Å². The number of fused-ring (bicyclic) bond motifs is 7. The molecule has 0 N–H and O–H groups in total. The van der Waals surface area contributed by atoms with Gasteiger partial charge in [0, 0.05) is 5.92 Å². The Morgan fingerprint density at radius 2 is 2.00 bits per heavy atom. The lowest BCUT2D eigenvalue weighted by Crippen LogP contribution is -2.38. The molecule has 0 radical (unpaired) electrons. The summed E-state index contributed by atoms with van der Waals surface area (Å²) in [5.41, 5.74) is -0.00988. The number of hydrogen-bond donors (Lipinski definition) is 0. The first-order valence-corrected chi connectivity index (χ1v) is 8.76. The molecule has 21 heavy (non-hydrogen) atoms. The zero-order chi connectivity index (χ0) is 14.9. The third-order valence-corrected chi connectivity index (χ3v) is 6.69. The minimum atomic E-state index is -0.00988. The van der Waals surface area contributed by atoms with E-state index in [4.69, 9.17) is 9.47 Å². The summed E-state index contributed by atoms with van der Waals surface area (Å²) in [6.45, 7) is 8.50. The predicted octanol–water partition coefficient (Wildman–Crippen LogP) is 3.41. The Kier molecular flexibility index (Phi) is 2.99. The van der Waals surface area contributed by atoms with Gasteiger partial charge in [-0.05, 0) is 48.9 Å². The van der Waals surface area contributed by atoms with Gasteiger partial charge in [-0.2, -0.15) is 0 Å². The van der Waals surface area contributed by atoms with E-state index in [-0.39, 0.29) is 23.4 Å². The van der Waals surface area contributed by atoms with Gasteiger partial charge in [0.25, 0.3) is 0 Å². The lowest BCUT2D eigenvalue weighted by Gasteiger charge is -2.35. The number of ether oxygens (including phenoxy) is 2. The van der Waals surface area contributed by atoms with Gasteiger partial charge < -0.3 is 9.47 Å². The van der Waals surface area contributed by atoms with E-state index in [1.165, 1.54) is 12.8 Å². The van der Waals surface area contributed by atoms with Gasteiger partial charge in [-0.25, -0.2) is 0 Å². The normalized spacial score (nSPS) is 47.9. The summed E-state index contributed by atoms with van der Waals surface area (Å²) in [6, 6.07) is 0. The third-order valence-electron chi connectivity index (χ3n) is 6.69. The Hall–Kier alpha value is -0.570.